The van der Waals surface area contributed by atoms with Gasteiger partial charge in [-0.25, -0.2) is 0 Å². The lowest BCUT2D eigenvalue weighted by atomic mass is 9.89. The lowest BCUT2D eigenvalue weighted by Gasteiger charge is -2.23. The maximum absolute atomic E-state index is 12.2. The van der Waals surface area contributed by atoms with Crippen molar-refractivity contribution >= 4 is 5.91 Å². The van der Waals surface area contributed by atoms with Gasteiger partial charge in [0.1, 0.15) is 12.4 Å². The van der Waals surface area contributed by atoms with Crippen molar-refractivity contribution in [2.24, 2.45) is 5.41 Å². The van der Waals surface area contributed by atoms with E-state index in [9.17, 15) is 4.79 Å². The second kappa shape index (κ2) is 8.50. The van der Waals surface area contributed by atoms with Crippen LogP contribution in [-0.4, -0.2) is 24.2 Å². The molecule has 0 aliphatic heterocycles. The van der Waals surface area contributed by atoms with Crippen LogP contribution in [0.5, 0.6) is 5.75 Å². The van der Waals surface area contributed by atoms with Crippen LogP contribution in [0.25, 0.3) is 0 Å². The number of amides is 1. The largest absolute Gasteiger partial charge is 0.489 e. The summed E-state index contributed by atoms with van der Waals surface area (Å²) in [4.78, 5) is 12.2. The minimum atomic E-state index is -0.117. The summed E-state index contributed by atoms with van der Waals surface area (Å²) in [5.74, 6) is 0.724. The van der Waals surface area contributed by atoms with Gasteiger partial charge in [-0.2, -0.15) is 0 Å². The Balaban J connectivity index is 1.86. The average molecular weight is 327 g/mol. The van der Waals surface area contributed by atoms with Gasteiger partial charge in [0.25, 0.3) is 5.91 Å². The van der Waals surface area contributed by atoms with Crippen LogP contribution in [0.3, 0.4) is 0 Å². The molecule has 2 rings (SSSR count). The lowest BCUT2D eigenvalue weighted by molar-refractivity contribution is 0.0928. The van der Waals surface area contributed by atoms with E-state index in [4.69, 9.17) is 9.84 Å². The van der Waals surface area contributed by atoms with E-state index in [0.29, 0.717) is 25.1 Å². The lowest BCUT2D eigenvalue weighted by Crippen LogP contribution is -2.34. The van der Waals surface area contributed by atoms with Gasteiger partial charge in [0.2, 0.25) is 0 Å². The molecule has 0 fully saturated rings. The fourth-order valence-corrected chi connectivity index (χ4v) is 2.25. The van der Waals surface area contributed by atoms with Crippen molar-refractivity contribution in [1.82, 2.24) is 5.32 Å². The van der Waals surface area contributed by atoms with E-state index in [1.807, 2.05) is 56.3 Å². The molecule has 0 aliphatic rings. The molecular weight excluding hydrogens is 302 g/mol. The second-order valence-corrected chi connectivity index (χ2v) is 6.62. The quantitative estimate of drug-likeness (QED) is 0.781. The van der Waals surface area contributed by atoms with Crippen molar-refractivity contribution < 1.29 is 14.6 Å². The standard InChI is InChI=1S/C20H25NO3/c1-20(2,12-13-22)15-21-19(23)17-10-8-16(9-11-17)14-24-18-6-4-3-5-7-18/h3-11,22H,12-15H2,1-2H3,(H,21,23). The van der Waals surface area contributed by atoms with Gasteiger partial charge in [-0.3, -0.25) is 4.79 Å². The van der Waals surface area contributed by atoms with E-state index in [1.165, 1.54) is 0 Å². The summed E-state index contributed by atoms with van der Waals surface area (Å²) in [7, 11) is 0. The van der Waals surface area contributed by atoms with Crippen molar-refractivity contribution in [3.05, 3.63) is 65.7 Å². The Bertz CT molecular complexity index is 636. The molecule has 2 aromatic rings. The highest BCUT2D eigenvalue weighted by Crippen LogP contribution is 2.18. The molecule has 4 heteroatoms. The third-order valence-electron chi connectivity index (χ3n) is 3.88. The Morgan fingerprint density at radius 2 is 1.75 bits per heavy atom. The summed E-state index contributed by atoms with van der Waals surface area (Å²) in [6, 6.07) is 17.0. The molecule has 4 nitrogen and oxygen atoms in total. The van der Waals surface area contributed by atoms with Gasteiger partial charge in [0.15, 0.2) is 0 Å². The van der Waals surface area contributed by atoms with Crippen LogP contribution in [0.2, 0.25) is 0 Å². The molecular formula is C20H25NO3. The first kappa shape index (κ1) is 18.0. The van der Waals surface area contributed by atoms with Crippen molar-refractivity contribution in [3.8, 4) is 5.75 Å². The van der Waals surface area contributed by atoms with Crippen LogP contribution >= 0.6 is 0 Å². The maximum Gasteiger partial charge on any atom is 0.251 e. The number of aliphatic hydroxyl groups is 1. The van der Waals surface area contributed by atoms with Crippen molar-refractivity contribution in [2.75, 3.05) is 13.2 Å². The Morgan fingerprint density at radius 3 is 2.38 bits per heavy atom. The molecule has 0 aromatic heterocycles. The zero-order chi connectivity index (χ0) is 17.4. The number of aliphatic hydroxyl groups excluding tert-OH is 1. The Morgan fingerprint density at radius 1 is 1.08 bits per heavy atom. The van der Waals surface area contributed by atoms with Gasteiger partial charge < -0.3 is 15.2 Å². The Hall–Kier alpha value is -2.33. The number of hydrogen-bond acceptors (Lipinski definition) is 3. The van der Waals surface area contributed by atoms with Crippen LogP contribution in [0.4, 0.5) is 0 Å². The number of rotatable bonds is 8. The molecule has 0 unspecified atom stereocenters. The zero-order valence-electron chi connectivity index (χ0n) is 14.3. The highest BCUT2D eigenvalue weighted by atomic mass is 16.5. The highest BCUT2D eigenvalue weighted by Gasteiger charge is 2.18. The first-order valence-corrected chi connectivity index (χ1v) is 8.16. The molecule has 0 atom stereocenters. The minimum absolute atomic E-state index is 0.100. The first-order valence-electron chi connectivity index (χ1n) is 8.16. The number of hydrogen-bond donors (Lipinski definition) is 2. The fourth-order valence-electron chi connectivity index (χ4n) is 2.25. The normalized spacial score (nSPS) is 11.1. The van der Waals surface area contributed by atoms with Gasteiger partial charge in [0, 0.05) is 18.7 Å². The highest BCUT2D eigenvalue weighted by molar-refractivity contribution is 5.94. The molecule has 1 amide bonds. The van der Waals surface area contributed by atoms with Gasteiger partial charge in [-0.15, -0.1) is 0 Å². The van der Waals surface area contributed by atoms with Gasteiger partial charge in [-0.05, 0) is 41.7 Å². The van der Waals surface area contributed by atoms with Crippen molar-refractivity contribution in [3.63, 3.8) is 0 Å². The summed E-state index contributed by atoms with van der Waals surface area (Å²) in [6.45, 7) is 5.17. The molecule has 0 saturated heterocycles. The molecule has 24 heavy (non-hydrogen) atoms. The molecule has 0 bridgehead atoms. The number of carbonyl (C=O) groups excluding carboxylic acids is 1. The molecule has 2 aromatic carbocycles. The molecule has 0 aliphatic carbocycles. The number of benzene rings is 2. The van der Waals surface area contributed by atoms with Crippen molar-refractivity contribution in [1.29, 1.82) is 0 Å². The fraction of sp³-hybridized carbons (Fsp3) is 0.350. The third-order valence-corrected chi connectivity index (χ3v) is 3.88. The predicted octanol–water partition coefficient (Wildman–Crippen LogP) is 3.40. The van der Waals surface area contributed by atoms with Crippen LogP contribution in [0.15, 0.2) is 54.6 Å². The molecule has 0 saturated carbocycles. The number of ether oxygens (including phenoxy) is 1. The molecule has 0 radical (unpaired) electrons. The third kappa shape index (κ3) is 5.70. The topological polar surface area (TPSA) is 58.6 Å². The summed E-state index contributed by atoms with van der Waals surface area (Å²) in [6.07, 6.45) is 0.656. The summed E-state index contributed by atoms with van der Waals surface area (Å²) in [5.41, 5.74) is 1.52. The number of para-hydroxylation sites is 1. The average Bonchev–Trinajstić information content (AvgIpc) is 2.59. The van der Waals surface area contributed by atoms with Gasteiger partial charge >= 0.3 is 0 Å². The van der Waals surface area contributed by atoms with Crippen molar-refractivity contribution in [2.45, 2.75) is 26.9 Å². The number of carbonyl (C=O) groups is 1. The molecule has 128 valence electrons. The predicted molar refractivity (Wildman–Crippen MR) is 95.0 cm³/mol. The number of nitrogens with one attached hydrogen (secondary N) is 1. The summed E-state index contributed by atoms with van der Waals surface area (Å²) in [5, 5.41) is 11.9. The second-order valence-electron chi connectivity index (χ2n) is 6.62. The first-order chi connectivity index (χ1) is 11.5. The van der Waals surface area contributed by atoms with Gasteiger partial charge in [0.05, 0.1) is 0 Å². The van der Waals surface area contributed by atoms with Gasteiger partial charge in [-0.1, -0.05) is 44.2 Å². The minimum Gasteiger partial charge on any atom is -0.489 e. The molecule has 0 spiro atoms. The zero-order valence-corrected chi connectivity index (χ0v) is 14.3. The smallest absolute Gasteiger partial charge is 0.251 e. The van der Waals surface area contributed by atoms with E-state index in [2.05, 4.69) is 5.32 Å². The molecule has 2 N–H and O–H groups in total. The van der Waals surface area contributed by atoms with E-state index >= 15 is 0 Å². The maximum atomic E-state index is 12.2. The Labute approximate surface area is 143 Å². The van der Waals surface area contributed by atoms with E-state index in [1.54, 1.807) is 12.1 Å². The molecule has 0 heterocycles. The monoisotopic (exact) mass is 327 g/mol. The van der Waals surface area contributed by atoms with Crippen LogP contribution < -0.4 is 10.1 Å². The van der Waals surface area contributed by atoms with Crippen LogP contribution in [0, 0.1) is 5.41 Å². The van der Waals surface area contributed by atoms with Crippen LogP contribution in [0.1, 0.15) is 36.2 Å². The van der Waals surface area contributed by atoms with E-state index < -0.39 is 0 Å². The van der Waals surface area contributed by atoms with E-state index in [-0.39, 0.29) is 17.9 Å². The Kier molecular flexibility index (Phi) is 6.38. The van der Waals surface area contributed by atoms with Crippen LogP contribution in [-0.2, 0) is 6.61 Å². The summed E-state index contributed by atoms with van der Waals surface area (Å²) < 4.78 is 5.69. The van der Waals surface area contributed by atoms with E-state index in [0.717, 1.165) is 11.3 Å². The summed E-state index contributed by atoms with van der Waals surface area (Å²) >= 11 is 0. The SMILES string of the molecule is CC(C)(CCO)CNC(=O)c1ccc(COc2ccccc2)cc1.